The van der Waals surface area contributed by atoms with E-state index in [9.17, 15) is 8.42 Å². The topological polar surface area (TPSA) is 91.3 Å². The maximum atomic E-state index is 10.3. The second-order valence-corrected chi connectivity index (χ2v) is 7.36. The maximum Gasteiger partial charge on any atom is 1.00 e. The van der Waals surface area contributed by atoms with Crippen molar-refractivity contribution in [3.05, 3.63) is 0 Å². The van der Waals surface area contributed by atoms with Gasteiger partial charge >= 0.3 is 40.0 Å². The van der Waals surface area contributed by atoms with E-state index in [1.165, 1.54) is 57.8 Å². The van der Waals surface area contributed by atoms with Gasteiger partial charge in [-0.2, -0.15) is 8.42 Å². The van der Waals surface area contributed by atoms with E-state index < -0.39 is 10.4 Å². The largest absolute Gasteiger partial charge is 1.00 e. The van der Waals surface area contributed by atoms with Crippen molar-refractivity contribution in [1.82, 2.24) is 0 Å². The third-order valence-corrected chi connectivity index (χ3v) is 4.31. The van der Waals surface area contributed by atoms with Gasteiger partial charge in [-0.1, -0.05) is 64.7 Å². The summed E-state index contributed by atoms with van der Waals surface area (Å²) in [7, 11) is -4.38. The molecule has 0 amide bonds. The van der Waals surface area contributed by atoms with Crippen molar-refractivity contribution in [3.8, 4) is 0 Å². The molecule has 0 unspecified atom stereocenters. The summed E-state index contributed by atoms with van der Waals surface area (Å²) in [6.45, 7) is 4.74. The van der Waals surface area contributed by atoms with Crippen LogP contribution >= 0.6 is 0 Å². The third-order valence-electron chi connectivity index (χ3n) is 3.85. The van der Waals surface area contributed by atoms with Crippen LogP contribution in [0.2, 0.25) is 0 Å². The summed E-state index contributed by atoms with van der Waals surface area (Å²) in [5.41, 5.74) is 0. The van der Waals surface area contributed by atoms with Gasteiger partial charge in [0.2, 0.25) is 0 Å². The van der Waals surface area contributed by atoms with E-state index in [-0.39, 0.29) is 42.8 Å². The van der Waals surface area contributed by atoms with Crippen molar-refractivity contribution in [1.29, 1.82) is 0 Å². The zero-order chi connectivity index (χ0) is 19.3. The molecular weight excluding hydrogens is 383 g/mol. The molecule has 0 bridgehead atoms. The molecule has 0 aromatic heterocycles. The average Bonchev–Trinajstić information content (AvgIpc) is 2.59. The van der Waals surface area contributed by atoms with E-state index in [4.69, 9.17) is 18.8 Å². The molecule has 0 fully saturated rings. The molecule has 0 saturated carbocycles. The zero-order valence-electron chi connectivity index (χ0n) is 17.3. The summed E-state index contributed by atoms with van der Waals surface area (Å²) >= 11 is 0. The van der Waals surface area contributed by atoms with Gasteiger partial charge in [0.05, 0.1) is 39.6 Å². The summed E-state index contributed by atoms with van der Waals surface area (Å²) in [4.78, 5) is 0. The second-order valence-electron chi connectivity index (χ2n) is 6.27. The SMILES string of the molecule is CCCCCCCCCCCCOCCOCCOCCOS(=O)(=O)O.[Na+]. The Bertz CT molecular complexity index is 380. The molecule has 158 valence electrons. The van der Waals surface area contributed by atoms with Crippen LogP contribution in [0.25, 0.3) is 0 Å². The first kappa shape index (κ1) is 29.9. The van der Waals surface area contributed by atoms with Crippen LogP contribution in [0.15, 0.2) is 0 Å². The van der Waals surface area contributed by atoms with Gasteiger partial charge in [-0.05, 0) is 6.42 Å². The second kappa shape index (κ2) is 23.0. The molecule has 1 N–H and O–H groups in total. The minimum atomic E-state index is -4.38. The van der Waals surface area contributed by atoms with Crippen molar-refractivity contribution in [2.24, 2.45) is 0 Å². The van der Waals surface area contributed by atoms with Gasteiger partial charge in [0.25, 0.3) is 0 Å². The minimum Gasteiger partial charge on any atom is -0.379 e. The number of hydrogen-bond acceptors (Lipinski definition) is 6. The Balaban J connectivity index is 0. The molecule has 0 spiro atoms. The normalized spacial score (nSPS) is 11.5. The van der Waals surface area contributed by atoms with Crippen molar-refractivity contribution in [2.45, 2.75) is 71.1 Å². The van der Waals surface area contributed by atoms with Gasteiger partial charge < -0.3 is 14.2 Å². The van der Waals surface area contributed by atoms with E-state index in [1.807, 2.05) is 0 Å². The predicted molar refractivity (Wildman–Crippen MR) is 102 cm³/mol. The van der Waals surface area contributed by atoms with Crippen LogP contribution in [-0.4, -0.2) is 59.2 Å². The van der Waals surface area contributed by atoms with E-state index in [0.29, 0.717) is 26.4 Å². The molecule has 7 nitrogen and oxygen atoms in total. The quantitative estimate of drug-likeness (QED) is 0.166. The summed E-state index contributed by atoms with van der Waals surface area (Å²) in [5, 5.41) is 0. The fourth-order valence-corrected chi connectivity index (χ4v) is 2.71. The molecule has 0 aliphatic rings. The Labute approximate surface area is 188 Å². The van der Waals surface area contributed by atoms with Gasteiger partial charge in [-0.3, -0.25) is 4.55 Å². The Hall–Kier alpha value is 0.750. The van der Waals surface area contributed by atoms with Gasteiger partial charge in [-0.25, -0.2) is 4.18 Å². The third kappa shape index (κ3) is 29.1. The Kier molecular flexibility index (Phi) is 25.5. The smallest absolute Gasteiger partial charge is 0.379 e. The van der Waals surface area contributed by atoms with Crippen LogP contribution < -0.4 is 29.6 Å². The molecule has 27 heavy (non-hydrogen) atoms. The zero-order valence-corrected chi connectivity index (χ0v) is 20.1. The molecule has 0 radical (unpaired) electrons. The van der Waals surface area contributed by atoms with E-state index in [2.05, 4.69) is 11.1 Å². The molecule has 0 aromatic carbocycles. The number of ether oxygens (including phenoxy) is 3. The van der Waals surface area contributed by atoms with Crippen molar-refractivity contribution >= 4 is 10.4 Å². The summed E-state index contributed by atoms with van der Waals surface area (Å²) in [6.07, 6.45) is 13.2. The number of unbranched alkanes of at least 4 members (excludes halogenated alkanes) is 9. The predicted octanol–water partition coefficient (Wildman–Crippen LogP) is 0.781. The fraction of sp³-hybridized carbons (Fsp3) is 1.00. The molecule has 0 rings (SSSR count). The monoisotopic (exact) mass is 421 g/mol. The van der Waals surface area contributed by atoms with E-state index >= 15 is 0 Å². The van der Waals surface area contributed by atoms with Crippen LogP contribution in [0.4, 0.5) is 0 Å². The average molecular weight is 422 g/mol. The maximum absolute atomic E-state index is 10.3. The number of rotatable bonds is 21. The molecule has 0 atom stereocenters. The summed E-state index contributed by atoms with van der Waals surface area (Å²) < 4.78 is 48.9. The molecule has 0 aliphatic heterocycles. The molecule has 9 heteroatoms. The van der Waals surface area contributed by atoms with Crippen LogP contribution in [0.5, 0.6) is 0 Å². The van der Waals surface area contributed by atoms with Crippen LogP contribution in [0.3, 0.4) is 0 Å². The van der Waals surface area contributed by atoms with E-state index in [0.717, 1.165) is 13.0 Å². The van der Waals surface area contributed by atoms with Gasteiger partial charge in [-0.15, -0.1) is 0 Å². The van der Waals surface area contributed by atoms with Crippen molar-refractivity contribution in [2.75, 3.05) is 46.2 Å². The van der Waals surface area contributed by atoms with Crippen molar-refractivity contribution in [3.63, 3.8) is 0 Å². The standard InChI is InChI=1S/C18H38O7S.Na/c1-2-3-4-5-6-7-8-9-10-11-12-22-13-14-23-15-16-24-17-18-25-26(19,20)21;/h2-18H2,1H3,(H,19,20,21);/q;+1. The molecule has 0 aromatic rings. The van der Waals surface area contributed by atoms with Gasteiger partial charge in [0.1, 0.15) is 0 Å². The Morgan fingerprint density at radius 2 is 0.963 bits per heavy atom. The van der Waals surface area contributed by atoms with Gasteiger partial charge in [0, 0.05) is 6.61 Å². The van der Waals surface area contributed by atoms with Crippen LogP contribution in [0.1, 0.15) is 71.1 Å². The van der Waals surface area contributed by atoms with Crippen molar-refractivity contribution < 1.29 is 60.9 Å². The van der Waals surface area contributed by atoms with Crippen LogP contribution in [-0.2, 0) is 28.8 Å². The summed E-state index contributed by atoms with van der Waals surface area (Å²) in [6, 6.07) is 0. The first-order valence-electron chi connectivity index (χ1n) is 9.91. The van der Waals surface area contributed by atoms with Crippen LogP contribution in [0, 0.1) is 0 Å². The molecule has 0 aliphatic carbocycles. The van der Waals surface area contributed by atoms with E-state index in [1.54, 1.807) is 0 Å². The first-order valence-corrected chi connectivity index (χ1v) is 11.3. The first-order chi connectivity index (χ1) is 12.6. The Morgan fingerprint density at radius 3 is 1.41 bits per heavy atom. The summed E-state index contributed by atoms with van der Waals surface area (Å²) in [5.74, 6) is 0. The molecular formula is C18H38NaO7S+. The Morgan fingerprint density at radius 1 is 0.593 bits per heavy atom. The molecule has 0 heterocycles. The molecule has 0 saturated heterocycles. The van der Waals surface area contributed by atoms with Gasteiger partial charge in [0.15, 0.2) is 0 Å². The number of hydrogen-bond donors (Lipinski definition) is 1. The minimum absolute atomic E-state index is 0. The fourth-order valence-electron chi connectivity index (χ4n) is 2.43.